The number of esters is 1. The predicted molar refractivity (Wildman–Crippen MR) is 137 cm³/mol. The van der Waals surface area contributed by atoms with Gasteiger partial charge in [0.05, 0.1) is 23.3 Å². The van der Waals surface area contributed by atoms with Crippen molar-refractivity contribution < 1.29 is 37.4 Å². The van der Waals surface area contributed by atoms with Gasteiger partial charge >= 0.3 is 5.97 Å². The van der Waals surface area contributed by atoms with Gasteiger partial charge < -0.3 is 14.2 Å². The van der Waals surface area contributed by atoms with Gasteiger partial charge in [0.25, 0.3) is 0 Å². The van der Waals surface area contributed by atoms with Crippen LogP contribution in [0.15, 0.2) is 73.8 Å². The maximum Gasteiger partial charge on any atom is 0.344 e. The highest BCUT2D eigenvalue weighted by molar-refractivity contribution is 6.11. The Morgan fingerprint density at radius 2 is 1.35 bits per heavy atom. The van der Waals surface area contributed by atoms with Crippen LogP contribution in [0.4, 0.5) is 8.78 Å². The van der Waals surface area contributed by atoms with Crippen LogP contribution in [0.3, 0.4) is 0 Å². The number of carbonyl (C=O) groups is 3. The van der Waals surface area contributed by atoms with Gasteiger partial charge in [0, 0.05) is 0 Å². The van der Waals surface area contributed by atoms with Gasteiger partial charge in [-0.2, -0.15) is 0 Å². The van der Waals surface area contributed by atoms with E-state index in [1.165, 1.54) is 36.4 Å². The Bertz CT molecular complexity index is 1090. The van der Waals surface area contributed by atoms with Crippen molar-refractivity contribution in [1.82, 2.24) is 0 Å². The molecule has 6 nitrogen and oxygen atoms in total. The molecule has 0 saturated carbocycles. The minimum absolute atomic E-state index is 0.0637. The summed E-state index contributed by atoms with van der Waals surface area (Å²) in [6.45, 7) is 15.3. The minimum atomic E-state index is -1.54. The highest BCUT2D eigenvalue weighted by Crippen LogP contribution is 2.17. The number of ether oxygens (including phenoxy) is 3. The van der Waals surface area contributed by atoms with Crippen LogP contribution in [0.25, 0.3) is 0 Å². The molecule has 200 valence electrons. The number of benzene rings is 2. The van der Waals surface area contributed by atoms with Crippen LogP contribution >= 0.6 is 0 Å². The molecule has 2 aromatic carbocycles. The summed E-state index contributed by atoms with van der Waals surface area (Å²) in [6.07, 6.45) is 0.707. The molecule has 2 rings (SSSR count). The quantitative estimate of drug-likeness (QED) is 0.160. The second-order valence-corrected chi connectivity index (χ2v) is 8.99. The van der Waals surface area contributed by atoms with E-state index in [1.54, 1.807) is 52.8 Å². The topological polar surface area (TPSA) is 78.9 Å². The molecule has 3 atom stereocenters. The van der Waals surface area contributed by atoms with E-state index in [9.17, 15) is 23.2 Å². The van der Waals surface area contributed by atoms with Crippen molar-refractivity contribution in [3.8, 4) is 0 Å². The highest BCUT2D eigenvalue weighted by Gasteiger charge is 2.35. The van der Waals surface area contributed by atoms with E-state index >= 15 is 0 Å². The summed E-state index contributed by atoms with van der Waals surface area (Å²) in [5.74, 6) is -3.22. The van der Waals surface area contributed by atoms with Crippen molar-refractivity contribution >= 4 is 17.5 Å². The second kappa shape index (κ2) is 14.9. The van der Waals surface area contributed by atoms with Gasteiger partial charge in [-0.25, -0.2) is 13.6 Å². The molecule has 0 N–H and O–H groups in total. The smallest absolute Gasteiger partial charge is 0.344 e. The van der Waals surface area contributed by atoms with E-state index < -0.39 is 41.2 Å². The summed E-state index contributed by atoms with van der Waals surface area (Å²) >= 11 is 0. The number of ketones is 2. The Balaban J connectivity index is 0.000000397. The molecule has 0 heterocycles. The van der Waals surface area contributed by atoms with E-state index in [4.69, 9.17) is 14.2 Å². The lowest BCUT2D eigenvalue weighted by molar-refractivity contribution is -0.166. The van der Waals surface area contributed by atoms with Crippen molar-refractivity contribution in [1.29, 1.82) is 0 Å². The normalized spacial score (nSPS) is 13.3. The van der Waals surface area contributed by atoms with Gasteiger partial charge in [0.15, 0.2) is 5.78 Å². The maximum atomic E-state index is 13.8. The summed E-state index contributed by atoms with van der Waals surface area (Å²) in [4.78, 5) is 36.1. The van der Waals surface area contributed by atoms with Crippen LogP contribution in [0.2, 0.25) is 0 Å². The summed E-state index contributed by atoms with van der Waals surface area (Å²) in [5, 5.41) is 0. The molecule has 0 aliphatic rings. The number of hydrogen-bond acceptors (Lipinski definition) is 6. The Hall–Kier alpha value is -3.49. The van der Waals surface area contributed by atoms with Gasteiger partial charge in [-0.05, 0) is 58.9 Å². The molecule has 0 aliphatic heterocycles. The second-order valence-electron chi connectivity index (χ2n) is 8.99. The van der Waals surface area contributed by atoms with Gasteiger partial charge in [-0.3, -0.25) is 9.59 Å². The molecule has 0 fully saturated rings. The van der Waals surface area contributed by atoms with Crippen LogP contribution in [-0.4, -0.2) is 48.1 Å². The van der Waals surface area contributed by atoms with Gasteiger partial charge in [-0.1, -0.05) is 36.4 Å². The standard InChI is InChI=1S/C17H21FO4.C12H13FO2/c1-6-11(2)21-15(16(20)22-17(3,4)5)14(19)12-9-7-8-10-13(12)18;1-3-9(2)15-8-12(14)10-6-4-5-7-11(10)13/h6-11,15H,1H2,2-5H3;3-7,9H,1,8H2,2H3. The van der Waals surface area contributed by atoms with Crippen molar-refractivity contribution in [3.63, 3.8) is 0 Å². The van der Waals surface area contributed by atoms with Gasteiger partial charge in [-0.15, -0.1) is 13.2 Å². The summed E-state index contributed by atoms with van der Waals surface area (Å²) in [5.41, 5.74) is -0.936. The first kappa shape index (κ1) is 31.5. The minimum Gasteiger partial charge on any atom is -0.458 e. The first-order chi connectivity index (χ1) is 17.3. The molecule has 2 aromatic rings. The van der Waals surface area contributed by atoms with Gasteiger partial charge in [0.2, 0.25) is 11.9 Å². The Morgan fingerprint density at radius 3 is 1.81 bits per heavy atom. The molecule has 0 amide bonds. The highest BCUT2D eigenvalue weighted by atomic mass is 19.1. The number of rotatable bonds is 11. The number of halogens is 2. The maximum absolute atomic E-state index is 13.8. The van der Waals surface area contributed by atoms with Crippen LogP contribution in [0.1, 0.15) is 55.3 Å². The van der Waals surface area contributed by atoms with E-state index in [0.29, 0.717) is 0 Å². The molecule has 0 spiro atoms. The summed E-state index contributed by atoms with van der Waals surface area (Å²) < 4.78 is 42.6. The SMILES string of the molecule is C=CC(C)OC(C(=O)OC(C)(C)C)C(=O)c1ccccc1F.C=CC(C)OCC(=O)c1ccccc1F. The molecule has 0 radical (unpaired) electrons. The molecule has 3 unspecified atom stereocenters. The lowest BCUT2D eigenvalue weighted by Crippen LogP contribution is -2.40. The molecule has 0 bridgehead atoms. The van der Waals surface area contributed by atoms with E-state index in [0.717, 1.165) is 6.07 Å². The van der Waals surface area contributed by atoms with Crippen LogP contribution in [-0.2, 0) is 19.0 Å². The average Bonchev–Trinajstić information content (AvgIpc) is 2.84. The third kappa shape index (κ3) is 11.0. The van der Waals surface area contributed by atoms with E-state index in [1.807, 2.05) is 0 Å². The molecule has 0 aromatic heterocycles. The lowest BCUT2D eigenvalue weighted by atomic mass is 10.0. The Kier molecular flexibility index (Phi) is 12.7. The molecular formula is C29H34F2O6. The van der Waals surface area contributed by atoms with Gasteiger partial charge in [0.1, 0.15) is 23.8 Å². The first-order valence-corrected chi connectivity index (χ1v) is 11.6. The zero-order valence-electron chi connectivity index (χ0n) is 21.8. The lowest BCUT2D eigenvalue weighted by Gasteiger charge is -2.24. The van der Waals surface area contributed by atoms with Crippen LogP contribution < -0.4 is 0 Å². The first-order valence-electron chi connectivity index (χ1n) is 11.6. The molecular weight excluding hydrogens is 482 g/mol. The largest absolute Gasteiger partial charge is 0.458 e. The third-order valence-electron chi connectivity index (χ3n) is 4.66. The number of hydrogen-bond donors (Lipinski definition) is 0. The van der Waals surface area contributed by atoms with E-state index in [-0.39, 0.29) is 29.6 Å². The van der Waals surface area contributed by atoms with Crippen molar-refractivity contribution in [2.75, 3.05) is 6.61 Å². The van der Waals surface area contributed by atoms with Crippen molar-refractivity contribution in [2.45, 2.75) is 58.5 Å². The zero-order chi connectivity index (χ0) is 28.2. The monoisotopic (exact) mass is 516 g/mol. The van der Waals surface area contributed by atoms with Crippen molar-refractivity contribution in [2.24, 2.45) is 0 Å². The number of Topliss-reactive ketones (excluding diaryl/α,β-unsaturated/α-hetero) is 2. The predicted octanol–water partition coefficient (Wildman–Crippen LogP) is 5.91. The van der Waals surface area contributed by atoms with Crippen molar-refractivity contribution in [3.05, 3.63) is 96.6 Å². The Labute approximate surface area is 216 Å². The summed E-state index contributed by atoms with van der Waals surface area (Å²) in [6, 6.07) is 11.3. The van der Waals surface area contributed by atoms with E-state index in [2.05, 4.69) is 13.2 Å². The average molecular weight is 517 g/mol. The number of carbonyl (C=O) groups excluding carboxylic acids is 3. The Morgan fingerprint density at radius 1 is 0.865 bits per heavy atom. The fourth-order valence-electron chi connectivity index (χ4n) is 2.69. The third-order valence-corrected chi connectivity index (χ3v) is 4.66. The fourth-order valence-corrected chi connectivity index (χ4v) is 2.69. The fraction of sp³-hybridized carbons (Fsp3) is 0.345. The zero-order valence-corrected chi connectivity index (χ0v) is 21.8. The molecule has 37 heavy (non-hydrogen) atoms. The molecule has 8 heteroatoms. The molecule has 0 saturated heterocycles. The van der Waals surface area contributed by atoms with Crippen LogP contribution in [0.5, 0.6) is 0 Å². The van der Waals surface area contributed by atoms with Crippen LogP contribution in [0, 0.1) is 11.6 Å². The molecule has 0 aliphatic carbocycles. The summed E-state index contributed by atoms with van der Waals surface area (Å²) in [7, 11) is 0.